The SMILES string of the molecule is Cc1cccc(NC2=C(c3cccs3)C(=O)N(c3cccc4ccccc34)C2=O)c1. The molecule has 2 heterocycles. The second kappa shape index (κ2) is 7.28. The highest BCUT2D eigenvalue weighted by molar-refractivity contribution is 7.11. The van der Waals surface area contributed by atoms with Crippen LogP contribution in [-0.4, -0.2) is 11.8 Å². The minimum absolute atomic E-state index is 0.306. The minimum Gasteiger partial charge on any atom is -0.350 e. The summed E-state index contributed by atoms with van der Waals surface area (Å²) < 4.78 is 0. The van der Waals surface area contributed by atoms with E-state index < -0.39 is 0 Å². The lowest BCUT2D eigenvalue weighted by Crippen LogP contribution is -2.32. The number of benzene rings is 3. The van der Waals surface area contributed by atoms with E-state index in [0.717, 1.165) is 26.9 Å². The molecule has 1 N–H and O–H groups in total. The maximum Gasteiger partial charge on any atom is 0.282 e. The molecule has 0 aliphatic carbocycles. The standard InChI is InChI=1S/C25H18N2O2S/c1-16-7-4-10-18(15-16)26-23-22(21-13-6-14-30-21)24(28)27(25(23)29)20-12-5-9-17-8-2-3-11-19(17)20/h2-15,26H,1H3. The van der Waals surface area contributed by atoms with Crippen LogP contribution < -0.4 is 10.2 Å². The molecule has 146 valence electrons. The second-order valence-corrected chi connectivity index (χ2v) is 8.11. The number of imide groups is 1. The lowest BCUT2D eigenvalue weighted by Gasteiger charge is -2.17. The summed E-state index contributed by atoms with van der Waals surface area (Å²) in [6.07, 6.45) is 0. The molecule has 1 aliphatic heterocycles. The third-order valence-electron chi connectivity index (χ3n) is 5.15. The zero-order valence-electron chi connectivity index (χ0n) is 16.3. The number of anilines is 2. The van der Waals surface area contributed by atoms with Crippen LogP contribution in [0.5, 0.6) is 0 Å². The van der Waals surface area contributed by atoms with Gasteiger partial charge in [0, 0.05) is 16.0 Å². The van der Waals surface area contributed by atoms with Gasteiger partial charge in [-0.3, -0.25) is 9.59 Å². The van der Waals surface area contributed by atoms with Crippen LogP contribution in [0.3, 0.4) is 0 Å². The van der Waals surface area contributed by atoms with Crippen molar-refractivity contribution in [3.05, 3.63) is 100 Å². The van der Waals surface area contributed by atoms with Crippen LogP contribution in [0, 0.1) is 6.92 Å². The molecule has 0 atom stereocenters. The Morgan fingerprint density at radius 2 is 1.63 bits per heavy atom. The van der Waals surface area contributed by atoms with E-state index in [1.165, 1.54) is 16.2 Å². The molecule has 4 aromatic rings. The first-order valence-electron chi connectivity index (χ1n) is 9.62. The van der Waals surface area contributed by atoms with E-state index in [0.29, 0.717) is 17.0 Å². The van der Waals surface area contributed by atoms with Crippen molar-refractivity contribution >= 4 is 50.9 Å². The molecule has 30 heavy (non-hydrogen) atoms. The number of thiophene rings is 1. The van der Waals surface area contributed by atoms with Crippen molar-refractivity contribution in [2.24, 2.45) is 0 Å². The van der Waals surface area contributed by atoms with Gasteiger partial charge in [0.2, 0.25) is 0 Å². The van der Waals surface area contributed by atoms with E-state index in [1.54, 1.807) is 0 Å². The summed E-state index contributed by atoms with van der Waals surface area (Å²) in [7, 11) is 0. The van der Waals surface area contributed by atoms with Gasteiger partial charge < -0.3 is 5.32 Å². The third kappa shape index (κ3) is 3.00. The molecule has 3 aromatic carbocycles. The Hall–Kier alpha value is -3.70. The van der Waals surface area contributed by atoms with Crippen LogP contribution in [0.25, 0.3) is 16.3 Å². The zero-order valence-corrected chi connectivity index (χ0v) is 17.1. The van der Waals surface area contributed by atoms with Gasteiger partial charge in [-0.1, -0.05) is 54.6 Å². The fourth-order valence-corrected chi connectivity index (χ4v) is 4.55. The van der Waals surface area contributed by atoms with Crippen molar-refractivity contribution in [2.45, 2.75) is 6.92 Å². The van der Waals surface area contributed by atoms with Crippen molar-refractivity contribution in [1.82, 2.24) is 0 Å². The van der Waals surface area contributed by atoms with Crippen molar-refractivity contribution in [3.8, 4) is 0 Å². The summed E-state index contributed by atoms with van der Waals surface area (Å²) in [5.41, 5.74) is 3.16. The summed E-state index contributed by atoms with van der Waals surface area (Å²) >= 11 is 1.45. The number of carbonyl (C=O) groups is 2. The summed E-state index contributed by atoms with van der Waals surface area (Å²) in [6, 6.07) is 24.9. The van der Waals surface area contributed by atoms with E-state index in [9.17, 15) is 9.59 Å². The average Bonchev–Trinajstić information content (AvgIpc) is 3.35. The number of hydrogen-bond acceptors (Lipinski definition) is 4. The largest absolute Gasteiger partial charge is 0.350 e. The number of hydrogen-bond donors (Lipinski definition) is 1. The van der Waals surface area contributed by atoms with Crippen molar-refractivity contribution < 1.29 is 9.59 Å². The molecule has 2 amide bonds. The number of amides is 2. The topological polar surface area (TPSA) is 49.4 Å². The predicted molar refractivity (Wildman–Crippen MR) is 122 cm³/mol. The summed E-state index contributed by atoms with van der Waals surface area (Å²) in [5, 5.41) is 6.97. The lowest BCUT2D eigenvalue weighted by atomic mass is 10.1. The number of fused-ring (bicyclic) bond motifs is 1. The Labute approximate surface area is 178 Å². The monoisotopic (exact) mass is 410 g/mol. The number of rotatable bonds is 4. The fourth-order valence-electron chi connectivity index (χ4n) is 3.78. The van der Waals surface area contributed by atoms with Gasteiger partial charge in [-0.25, -0.2) is 4.90 Å². The lowest BCUT2D eigenvalue weighted by molar-refractivity contribution is -0.120. The Morgan fingerprint density at radius 3 is 2.43 bits per heavy atom. The minimum atomic E-state index is -0.346. The van der Waals surface area contributed by atoms with Gasteiger partial charge in [-0.2, -0.15) is 0 Å². The van der Waals surface area contributed by atoms with Crippen LogP contribution in [0.2, 0.25) is 0 Å². The molecule has 0 saturated carbocycles. The maximum absolute atomic E-state index is 13.5. The van der Waals surface area contributed by atoms with Crippen molar-refractivity contribution in [1.29, 1.82) is 0 Å². The Morgan fingerprint density at radius 1 is 0.833 bits per heavy atom. The Bertz CT molecular complexity index is 1320. The quantitative estimate of drug-likeness (QED) is 0.445. The number of nitrogens with zero attached hydrogens (tertiary/aromatic N) is 1. The third-order valence-corrected chi connectivity index (χ3v) is 6.03. The molecule has 5 rings (SSSR count). The van der Waals surface area contributed by atoms with E-state index in [-0.39, 0.29) is 11.8 Å². The first-order chi connectivity index (χ1) is 14.6. The highest BCUT2D eigenvalue weighted by Gasteiger charge is 2.41. The van der Waals surface area contributed by atoms with Crippen molar-refractivity contribution in [3.63, 3.8) is 0 Å². The van der Waals surface area contributed by atoms with Crippen LogP contribution >= 0.6 is 11.3 Å². The first kappa shape index (κ1) is 18.3. The van der Waals surface area contributed by atoms with Crippen LogP contribution in [-0.2, 0) is 9.59 Å². The average molecular weight is 410 g/mol. The molecule has 4 nitrogen and oxygen atoms in total. The van der Waals surface area contributed by atoms with Crippen LogP contribution in [0.15, 0.2) is 89.9 Å². The van der Waals surface area contributed by atoms with Crippen LogP contribution in [0.1, 0.15) is 10.4 Å². The molecule has 5 heteroatoms. The van der Waals surface area contributed by atoms with Gasteiger partial charge in [0.15, 0.2) is 0 Å². The normalized spacial score (nSPS) is 14.1. The molecule has 1 aliphatic rings. The van der Waals surface area contributed by atoms with Gasteiger partial charge in [0.1, 0.15) is 5.70 Å². The molecular formula is C25H18N2O2S. The van der Waals surface area contributed by atoms with E-state index in [4.69, 9.17) is 0 Å². The highest BCUT2D eigenvalue weighted by atomic mass is 32.1. The zero-order chi connectivity index (χ0) is 20.7. The smallest absolute Gasteiger partial charge is 0.282 e. The second-order valence-electron chi connectivity index (χ2n) is 7.17. The van der Waals surface area contributed by atoms with Gasteiger partial charge >= 0.3 is 0 Å². The molecule has 0 unspecified atom stereocenters. The van der Waals surface area contributed by atoms with Gasteiger partial charge in [0.25, 0.3) is 11.8 Å². The van der Waals surface area contributed by atoms with Crippen molar-refractivity contribution in [2.75, 3.05) is 10.2 Å². The molecular weight excluding hydrogens is 392 g/mol. The number of nitrogens with one attached hydrogen (secondary N) is 1. The first-order valence-corrected chi connectivity index (χ1v) is 10.5. The molecule has 0 saturated heterocycles. The summed E-state index contributed by atoms with van der Waals surface area (Å²) in [6.45, 7) is 1.99. The number of aryl methyl sites for hydroxylation is 1. The van der Waals surface area contributed by atoms with Gasteiger partial charge in [0.05, 0.1) is 11.3 Å². The highest BCUT2D eigenvalue weighted by Crippen LogP contribution is 2.38. The molecule has 0 radical (unpaired) electrons. The molecule has 0 bridgehead atoms. The summed E-state index contributed by atoms with van der Waals surface area (Å²) in [4.78, 5) is 29.1. The number of carbonyl (C=O) groups excluding carboxylic acids is 2. The molecule has 1 aromatic heterocycles. The predicted octanol–water partition coefficient (Wildman–Crippen LogP) is 5.61. The Kier molecular flexibility index (Phi) is 4.45. The molecule has 0 spiro atoms. The summed E-state index contributed by atoms with van der Waals surface area (Å²) in [5.74, 6) is -0.657. The van der Waals surface area contributed by atoms with E-state index in [2.05, 4.69) is 5.32 Å². The molecule has 0 fully saturated rings. The van der Waals surface area contributed by atoms with Gasteiger partial charge in [-0.05, 0) is 47.5 Å². The van der Waals surface area contributed by atoms with E-state index >= 15 is 0 Å². The fraction of sp³-hybridized carbons (Fsp3) is 0.0400. The van der Waals surface area contributed by atoms with E-state index in [1.807, 2.05) is 91.2 Å². The van der Waals surface area contributed by atoms with Crippen LogP contribution in [0.4, 0.5) is 11.4 Å². The van der Waals surface area contributed by atoms with Gasteiger partial charge in [-0.15, -0.1) is 11.3 Å². The maximum atomic E-state index is 13.5. The Balaban J connectivity index is 1.65.